The minimum absolute atomic E-state index is 0.224. The average molecular weight is 462 g/mol. The Kier molecular flexibility index (Phi) is 7.27. The molecule has 0 aliphatic heterocycles. The van der Waals surface area contributed by atoms with Gasteiger partial charge in [0.15, 0.2) is 0 Å². The molecule has 0 nitrogen and oxygen atoms in total. The maximum absolute atomic E-state index is 14.8. The Morgan fingerprint density at radius 1 is 0.758 bits per heavy atom. The molecule has 0 bridgehead atoms. The zero-order valence-corrected chi connectivity index (χ0v) is 17.3. The molecule has 3 aromatic rings. The third-order valence-electron chi connectivity index (χ3n) is 4.82. The first kappa shape index (κ1) is 24.1. The van der Waals surface area contributed by atoms with E-state index in [1.165, 1.54) is 5.92 Å². The van der Waals surface area contributed by atoms with Gasteiger partial charge in [-0.3, -0.25) is 0 Å². The standard InChI is InChI=1S/C26H17F7/c1-2-3-4-5-16-6-8-17(9-7-16)18-12-23(29)25(24(30)13-18)19-14-21(27)20(22(28)15-19)10-11-26(31,32)33/h2-3,6-9,12-15H,4-5H2,1H3/b3-2+. The van der Waals surface area contributed by atoms with E-state index in [0.29, 0.717) is 17.7 Å². The van der Waals surface area contributed by atoms with Crippen LogP contribution >= 0.6 is 0 Å². The van der Waals surface area contributed by atoms with Gasteiger partial charge in [0.1, 0.15) is 23.3 Å². The van der Waals surface area contributed by atoms with Gasteiger partial charge in [0.05, 0.1) is 11.1 Å². The highest BCUT2D eigenvalue weighted by Gasteiger charge is 2.24. The minimum atomic E-state index is -4.95. The van der Waals surface area contributed by atoms with E-state index in [1.54, 1.807) is 12.1 Å². The molecule has 0 spiro atoms. The number of rotatable bonds is 5. The lowest BCUT2D eigenvalue weighted by Gasteiger charge is -2.11. The first-order chi connectivity index (χ1) is 15.6. The number of hydrogen-bond acceptors (Lipinski definition) is 0. The molecule has 0 heterocycles. The Labute approximate surface area is 186 Å². The molecule has 0 fully saturated rings. The Bertz CT molecular complexity index is 1190. The van der Waals surface area contributed by atoms with E-state index >= 15 is 0 Å². The van der Waals surface area contributed by atoms with Gasteiger partial charge in [-0.2, -0.15) is 13.2 Å². The summed E-state index contributed by atoms with van der Waals surface area (Å²) in [6.07, 6.45) is 0.700. The molecule has 0 saturated heterocycles. The van der Waals surface area contributed by atoms with Crippen LogP contribution in [0.1, 0.15) is 24.5 Å². The first-order valence-corrected chi connectivity index (χ1v) is 9.88. The third-order valence-corrected chi connectivity index (χ3v) is 4.82. The summed E-state index contributed by atoms with van der Waals surface area (Å²) < 4.78 is 94.5. The number of benzene rings is 3. The van der Waals surface area contributed by atoms with Gasteiger partial charge < -0.3 is 0 Å². The molecule has 33 heavy (non-hydrogen) atoms. The lowest BCUT2D eigenvalue weighted by molar-refractivity contribution is -0.0696. The van der Waals surface area contributed by atoms with Crippen molar-refractivity contribution in [3.63, 3.8) is 0 Å². The van der Waals surface area contributed by atoms with E-state index in [-0.39, 0.29) is 5.56 Å². The molecule has 7 heteroatoms. The summed E-state index contributed by atoms with van der Waals surface area (Å²) in [5, 5.41) is 0. The second-order valence-corrected chi connectivity index (χ2v) is 7.18. The van der Waals surface area contributed by atoms with E-state index < -0.39 is 46.1 Å². The maximum atomic E-state index is 14.8. The van der Waals surface area contributed by atoms with Crippen LogP contribution in [0.4, 0.5) is 30.7 Å². The van der Waals surface area contributed by atoms with Crippen molar-refractivity contribution in [2.75, 3.05) is 0 Å². The van der Waals surface area contributed by atoms with Gasteiger partial charge in [-0.05, 0) is 66.3 Å². The molecule has 0 aromatic heterocycles. The van der Waals surface area contributed by atoms with Crippen LogP contribution in [-0.4, -0.2) is 6.18 Å². The van der Waals surface area contributed by atoms with Gasteiger partial charge in [0, 0.05) is 5.92 Å². The molecule has 0 amide bonds. The summed E-state index contributed by atoms with van der Waals surface area (Å²) in [6.45, 7) is 1.93. The van der Waals surface area contributed by atoms with Crippen LogP contribution in [0.2, 0.25) is 0 Å². The third kappa shape index (κ3) is 6.04. The predicted octanol–water partition coefficient (Wildman–Crippen LogP) is 8.00. The molecule has 170 valence electrons. The number of aryl methyl sites for hydroxylation is 1. The molecule has 0 unspecified atom stereocenters. The lowest BCUT2D eigenvalue weighted by Crippen LogP contribution is -2.03. The van der Waals surface area contributed by atoms with Crippen LogP contribution < -0.4 is 0 Å². The van der Waals surface area contributed by atoms with Crippen molar-refractivity contribution in [1.29, 1.82) is 0 Å². The molecule has 3 rings (SSSR count). The molecule has 0 radical (unpaired) electrons. The van der Waals surface area contributed by atoms with Gasteiger partial charge in [0.2, 0.25) is 0 Å². The Morgan fingerprint density at radius 2 is 1.30 bits per heavy atom. The average Bonchev–Trinajstić information content (AvgIpc) is 2.72. The van der Waals surface area contributed by atoms with Crippen molar-refractivity contribution in [3.05, 3.63) is 95.1 Å². The topological polar surface area (TPSA) is 0 Å². The van der Waals surface area contributed by atoms with Crippen molar-refractivity contribution in [2.24, 2.45) is 0 Å². The second-order valence-electron chi connectivity index (χ2n) is 7.18. The number of allylic oxidation sites excluding steroid dienone is 2. The second kappa shape index (κ2) is 9.95. The van der Waals surface area contributed by atoms with Crippen LogP contribution in [0.5, 0.6) is 0 Å². The highest BCUT2D eigenvalue weighted by atomic mass is 19.4. The Hall–Kier alpha value is -3.53. The summed E-state index contributed by atoms with van der Waals surface area (Å²) in [7, 11) is 0. The lowest BCUT2D eigenvalue weighted by atomic mass is 9.97. The molecule has 0 aliphatic rings. The summed E-state index contributed by atoms with van der Waals surface area (Å²) in [6, 6.07) is 10.3. The summed E-state index contributed by atoms with van der Waals surface area (Å²) in [5.74, 6) is -2.94. The molecule has 0 saturated carbocycles. The van der Waals surface area contributed by atoms with Crippen LogP contribution in [0.15, 0.2) is 60.7 Å². The van der Waals surface area contributed by atoms with E-state index in [2.05, 4.69) is 0 Å². The van der Waals surface area contributed by atoms with Gasteiger partial charge >= 0.3 is 6.18 Å². The largest absolute Gasteiger partial charge is 0.458 e. The fourth-order valence-electron chi connectivity index (χ4n) is 3.27. The summed E-state index contributed by atoms with van der Waals surface area (Å²) in [5.41, 5.74) is -0.512. The molecule has 3 aromatic carbocycles. The maximum Gasteiger partial charge on any atom is 0.458 e. The monoisotopic (exact) mass is 462 g/mol. The minimum Gasteiger partial charge on any atom is -0.206 e. The van der Waals surface area contributed by atoms with E-state index in [4.69, 9.17) is 0 Å². The normalized spacial score (nSPS) is 11.5. The Morgan fingerprint density at radius 3 is 1.82 bits per heavy atom. The summed E-state index contributed by atoms with van der Waals surface area (Å²) in [4.78, 5) is 0. The number of hydrogen-bond donors (Lipinski definition) is 0. The van der Waals surface area contributed by atoms with Crippen molar-refractivity contribution in [3.8, 4) is 34.1 Å². The van der Waals surface area contributed by atoms with Crippen molar-refractivity contribution < 1.29 is 30.7 Å². The van der Waals surface area contributed by atoms with Crippen molar-refractivity contribution >= 4 is 0 Å². The predicted molar refractivity (Wildman–Crippen MR) is 113 cm³/mol. The molecular formula is C26H17F7. The molecule has 0 aliphatic carbocycles. The van der Waals surface area contributed by atoms with Crippen LogP contribution in [0.3, 0.4) is 0 Å². The van der Waals surface area contributed by atoms with Gasteiger partial charge in [-0.15, -0.1) is 0 Å². The van der Waals surface area contributed by atoms with E-state index in [9.17, 15) is 30.7 Å². The number of halogens is 7. The molecular weight excluding hydrogens is 445 g/mol. The smallest absolute Gasteiger partial charge is 0.206 e. The molecule has 0 N–H and O–H groups in total. The van der Waals surface area contributed by atoms with E-state index in [0.717, 1.165) is 36.5 Å². The highest BCUT2D eigenvalue weighted by Crippen LogP contribution is 2.33. The zero-order chi connectivity index (χ0) is 24.2. The Balaban J connectivity index is 1.94. The number of alkyl halides is 3. The summed E-state index contributed by atoms with van der Waals surface area (Å²) >= 11 is 0. The molecule has 0 atom stereocenters. The zero-order valence-electron chi connectivity index (χ0n) is 17.3. The van der Waals surface area contributed by atoms with E-state index in [1.807, 2.05) is 31.2 Å². The SMILES string of the molecule is C/C=C/CCc1ccc(-c2cc(F)c(-c3cc(F)c(C#CC(F)(F)F)c(F)c3)c(F)c2)cc1. The highest BCUT2D eigenvalue weighted by molar-refractivity contribution is 5.72. The van der Waals surface area contributed by atoms with Crippen LogP contribution in [-0.2, 0) is 6.42 Å². The van der Waals surface area contributed by atoms with Gasteiger partial charge in [0.25, 0.3) is 0 Å². The van der Waals surface area contributed by atoms with Gasteiger partial charge in [-0.25, -0.2) is 17.6 Å². The van der Waals surface area contributed by atoms with Gasteiger partial charge in [-0.1, -0.05) is 42.3 Å². The van der Waals surface area contributed by atoms with Crippen molar-refractivity contribution in [1.82, 2.24) is 0 Å². The van der Waals surface area contributed by atoms with Crippen LogP contribution in [0, 0.1) is 35.1 Å². The first-order valence-electron chi connectivity index (χ1n) is 9.88. The van der Waals surface area contributed by atoms with Crippen LogP contribution in [0.25, 0.3) is 22.3 Å². The fraction of sp³-hybridized carbons (Fsp3) is 0.154. The van der Waals surface area contributed by atoms with Crippen molar-refractivity contribution in [2.45, 2.75) is 25.9 Å². The fourth-order valence-corrected chi connectivity index (χ4v) is 3.27. The quantitative estimate of drug-likeness (QED) is 0.205.